The lowest BCUT2D eigenvalue weighted by Gasteiger charge is -2.13. The van der Waals surface area contributed by atoms with Crippen molar-refractivity contribution in [1.82, 2.24) is 0 Å². The average molecular weight is 222 g/mol. The summed E-state index contributed by atoms with van der Waals surface area (Å²) in [5, 5.41) is 3.16. The van der Waals surface area contributed by atoms with Crippen LogP contribution in [0.2, 0.25) is 0 Å². The molecule has 1 aromatic carbocycles. The van der Waals surface area contributed by atoms with Gasteiger partial charge in [-0.1, -0.05) is 0 Å². The fourth-order valence-electron chi connectivity index (χ4n) is 1.29. The largest absolute Gasteiger partial charge is 0.469 e. The van der Waals surface area contributed by atoms with Crippen LogP contribution in [0.3, 0.4) is 0 Å². The van der Waals surface area contributed by atoms with Crippen LogP contribution >= 0.6 is 0 Å². The van der Waals surface area contributed by atoms with E-state index in [0.717, 1.165) is 11.4 Å². The summed E-state index contributed by atoms with van der Waals surface area (Å²) in [5.74, 6) is -0.197. The van der Waals surface area contributed by atoms with Gasteiger partial charge in [0.2, 0.25) is 0 Å². The Balaban J connectivity index is 2.40. The number of carbonyl (C=O) groups is 1. The molecule has 4 nitrogen and oxygen atoms in total. The predicted molar refractivity (Wildman–Crippen MR) is 65.9 cm³/mol. The molecular formula is C12H18N2O2. The molecule has 4 heteroatoms. The monoisotopic (exact) mass is 222 g/mol. The van der Waals surface area contributed by atoms with Crippen LogP contribution in [0.15, 0.2) is 24.3 Å². The maximum Gasteiger partial charge on any atom is 0.307 e. The van der Waals surface area contributed by atoms with Crippen molar-refractivity contribution >= 4 is 17.3 Å². The van der Waals surface area contributed by atoms with E-state index in [-0.39, 0.29) is 5.97 Å². The van der Waals surface area contributed by atoms with Gasteiger partial charge >= 0.3 is 5.97 Å². The van der Waals surface area contributed by atoms with E-state index in [1.165, 1.54) is 7.11 Å². The third-order valence-corrected chi connectivity index (χ3v) is 2.27. The third kappa shape index (κ3) is 3.81. The summed E-state index contributed by atoms with van der Waals surface area (Å²) in [4.78, 5) is 12.9. The van der Waals surface area contributed by atoms with Crippen LogP contribution in [-0.2, 0) is 9.53 Å². The molecule has 0 aliphatic heterocycles. The minimum absolute atomic E-state index is 0.197. The van der Waals surface area contributed by atoms with Crippen LogP contribution in [0.5, 0.6) is 0 Å². The molecule has 1 N–H and O–H groups in total. The molecule has 1 rings (SSSR count). The maximum absolute atomic E-state index is 10.9. The number of methoxy groups -OCH3 is 1. The zero-order valence-electron chi connectivity index (χ0n) is 9.99. The van der Waals surface area contributed by atoms with E-state index in [4.69, 9.17) is 0 Å². The van der Waals surface area contributed by atoms with Crippen LogP contribution in [0, 0.1) is 0 Å². The Morgan fingerprint density at radius 2 is 1.94 bits per heavy atom. The summed E-state index contributed by atoms with van der Waals surface area (Å²) < 4.78 is 4.55. The van der Waals surface area contributed by atoms with Gasteiger partial charge in [-0.15, -0.1) is 0 Å². The zero-order valence-corrected chi connectivity index (χ0v) is 9.99. The predicted octanol–water partition coefficient (Wildman–Crippen LogP) is 1.73. The molecule has 0 amide bonds. The van der Waals surface area contributed by atoms with Crippen molar-refractivity contribution in [2.75, 3.05) is 38.0 Å². The number of hydrogen-bond acceptors (Lipinski definition) is 4. The lowest BCUT2D eigenvalue weighted by atomic mass is 10.2. The van der Waals surface area contributed by atoms with Gasteiger partial charge in [-0.2, -0.15) is 0 Å². The van der Waals surface area contributed by atoms with Gasteiger partial charge in [0.25, 0.3) is 0 Å². The number of hydrogen-bond donors (Lipinski definition) is 1. The second-order valence-corrected chi connectivity index (χ2v) is 3.69. The molecule has 0 radical (unpaired) electrons. The van der Waals surface area contributed by atoms with Crippen LogP contribution in [-0.4, -0.2) is 33.7 Å². The molecule has 0 bridgehead atoms. The standard InChI is InChI=1S/C12H18N2O2/c1-14(2)11-6-4-10(5-7-11)13-9-8-12(15)16-3/h4-7,13H,8-9H2,1-3H3. The van der Waals surface area contributed by atoms with Crippen molar-refractivity contribution in [3.8, 4) is 0 Å². The Morgan fingerprint density at radius 1 is 1.31 bits per heavy atom. The Hall–Kier alpha value is -1.71. The van der Waals surface area contributed by atoms with E-state index < -0.39 is 0 Å². The number of anilines is 2. The topological polar surface area (TPSA) is 41.6 Å². The summed E-state index contributed by atoms with van der Waals surface area (Å²) in [6.45, 7) is 0.591. The van der Waals surface area contributed by atoms with Gasteiger partial charge in [0.15, 0.2) is 0 Å². The molecule has 0 unspecified atom stereocenters. The number of nitrogens with one attached hydrogen (secondary N) is 1. The molecule has 0 fully saturated rings. The summed E-state index contributed by atoms with van der Waals surface area (Å²) >= 11 is 0. The number of ether oxygens (including phenoxy) is 1. The summed E-state index contributed by atoms with van der Waals surface area (Å²) in [6.07, 6.45) is 0.381. The fourth-order valence-corrected chi connectivity index (χ4v) is 1.29. The maximum atomic E-state index is 10.9. The fraction of sp³-hybridized carbons (Fsp3) is 0.417. The molecule has 0 atom stereocenters. The van der Waals surface area contributed by atoms with Gasteiger partial charge in [-0.25, -0.2) is 0 Å². The van der Waals surface area contributed by atoms with Crippen molar-refractivity contribution in [1.29, 1.82) is 0 Å². The zero-order chi connectivity index (χ0) is 12.0. The van der Waals surface area contributed by atoms with Crippen molar-refractivity contribution in [2.24, 2.45) is 0 Å². The van der Waals surface area contributed by atoms with E-state index >= 15 is 0 Å². The van der Waals surface area contributed by atoms with Gasteiger partial charge in [0, 0.05) is 32.0 Å². The SMILES string of the molecule is COC(=O)CCNc1ccc(N(C)C)cc1. The van der Waals surface area contributed by atoms with Crippen LogP contribution in [0.4, 0.5) is 11.4 Å². The van der Waals surface area contributed by atoms with Gasteiger partial charge < -0.3 is 15.0 Å². The highest BCUT2D eigenvalue weighted by Gasteiger charge is 1.99. The van der Waals surface area contributed by atoms with Gasteiger partial charge in [-0.05, 0) is 24.3 Å². The van der Waals surface area contributed by atoms with E-state index in [0.29, 0.717) is 13.0 Å². The highest BCUT2D eigenvalue weighted by Crippen LogP contribution is 2.15. The molecule has 1 aromatic rings. The molecule has 88 valence electrons. The smallest absolute Gasteiger partial charge is 0.307 e. The van der Waals surface area contributed by atoms with Crippen molar-refractivity contribution in [3.63, 3.8) is 0 Å². The number of rotatable bonds is 5. The Bertz CT molecular complexity index is 333. The molecule has 0 heterocycles. The quantitative estimate of drug-likeness (QED) is 0.770. The number of esters is 1. The third-order valence-electron chi connectivity index (χ3n) is 2.27. The van der Waals surface area contributed by atoms with Crippen LogP contribution < -0.4 is 10.2 Å². The molecule has 0 aliphatic carbocycles. The first-order chi connectivity index (χ1) is 7.63. The van der Waals surface area contributed by atoms with Crippen molar-refractivity contribution in [2.45, 2.75) is 6.42 Å². The highest BCUT2D eigenvalue weighted by molar-refractivity contribution is 5.69. The second kappa shape index (κ2) is 6.00. The molecular weight excluding hydrogens is 204 g/mol. The Morgan fingerprint density at radius 3 is 2.44 bits per heavy atom. The minimum Gasteiger partial charge on any atom is -0.469 e. The minimum atomic E-state index is -0.197. The molecule has 0 saturated heterocycles. The molecule has 16 heavy (non-hydrogen) atoms. The highest BCUT2D eigenvalue weighted by atomic mass is 16.5. The van der Waals surface area contributed by atoms with Crippen molar-refractivity contribution in [3.05, 3.63) is 24.3 Å². The van der Waals surface area contributed by atoms with Gasteiger partial charge in [0.05, 0.1) is 13.5 Å². The first-order valence-electron chi connectivity index (χ1n) is 5.21. The lowest BCUT2D eigenvalue weighted by molar-refractivity contribution is -0.140. The lowest BCUT2D eigenvalue weighted by Crippen LogP contribution is -2.10. The Labute approximate surface area is 96.2 Å². The van der Waals surface area contributed by atoms with E-state index in [1.54, 1.807) is 0 Å². The molecule has 0 aliphatic rings. The second-order valence-electron chi connectivity index (χ2n) is 3.69. The van der Waals surface area contributed by atoms with Gasteiger partial charge in [0.1, 0.15) is 0 Å². The molecule has 0 saturated carbocycles. The van der Waals surface area contributed by atoms with E-state index in [9.17, 15) is 4.79 Å². The number of carbonyl (C=O) groups excluding carboxylic acids is 1. The van der Waals surface area contributed by atoms with Crippen molar-refractivity contribution < 1.29 is 9.53 Å². The average Bonchev–Trinajstić information content (AvgIpc) is 2.29. The normalized spacial score (nSPS) is 9.69. The summed E-state index contributed by atoms with van der Waals surface area (Å²) in [7, 11) is 5.40. The number of nitrogens with zero attached hydrogens (tertiary/aromatic N) is 1. The summed E-state index contributed by atoms with van der Waals surface area (Å²) in [5.41, 5.74) is 2.16. The van der Waals surface area contributed by atoms with Crippen LogP contribution in [0.25, 0.3) is 0 Å². The Kier molecular flexibility index (Phi) is 4.64. The van der Waals surface area contributed by atoms with E-state index in [2.05, 4.69) is 10.1 Å². The molecule has 0 aromatic heterocycles. The van der Waals surface area contributed by atoms with Crippen LogP contribution in [0.1, 0.15) is 6.42 Å². The first-order valence-corrected chi connectivity index (χ1v) is 5.21. The molecule has 0 spiro atoms. The number of benzene rings is 1. The van der Waals surface area contributed by atoms with Gasteiger partial charge in [-0.3, -0.25) is 4.79 Å². The van der Waals surface area contributed by atoms with E-state index in [1.807, 2.05) is 43.3 Å². The summed E-state index contributed by atoms with van der Waals surface area (Å²) in [6, 6.07) is 8.04. The first kappa shape index (κ1) is 12.4.